The Kier molecular flexibility index (Phi) is 3.20. The van der Waals surface area contributed by atoms with E-state index in [-0.39, 0.29) is 5.56 Å². The molecule has 0 bridgehead atoms. The lowest BCUT2D eigenvalue weighted by Gasteiger charge is -2.03. The molecule has 2 aromatic rings. The number of carbonyl (C=O) groups is 1. The van der Waals surface area contributed by atoms with Gasteiger partial charge in [0, 0.05) is 11.8 Å². The first-order valence-electron chi connectivity index (χ1n) is 5.00. The van der Waals surface area contributed by atoms with Crippen LogP contribution in [0, 0.1) is 12.7 Å². The van der Waals surface area contributed by atoms with E-state index in [1.54, 1.807) is 13.0 Å². The molecule has 0 N–H and O–H groups in total. The third-order valence-corrected chi connectivity index (χ3v) is 2.58. The van der Waals surface area contributed by atoms with Crippen molar-refractivity contribution in [3.05, 3.63) is 64.2 Å². The first-order chi connectivity index (χ1) is 8.08. The zero-order valence-electron chi connectivity index (χ0n) is 9.08. The molecule has 0 fully saturated rings. The maximum atomic E-state index is 13.5. The number of aromatic nitrogens is 1. The highest BCUT2D eigenvalue weighted by molar-refractivity contribution is 6.29. The van der Waals surface area contributed by atoms with Gasteiger partial charge < -0.3 is 0 Å². The number of hydrogen-bond donors (Lipinski definition) is 0. The van der Waals surface area contributed by atoms with Gasteiger partial charge in [0.2, 0.25) is 0 Å². The summed E-state index contributed by atoms with van der Waals surface area (Å²) in [4.78, 5) is 15.8. The number of aryl methyl sites for hydroxylation is 1. The van der Waals surface area contributed by atoms with Crippen LogP contribution in [0.2, 0.25) is 5.15 Å². The van der Waals surface area contributed by atoms with E-state index in [1.807, 2.05) is 0 Å². The standard InChI is InChI=1S/C13H9ClFNO/c1-8-2-4-11(15)10(6-8)13(17)9-3-5-12(14)16-7-9/h2-7H,1H3. The van der Waals surface area contributed by atoms with Crippen LogP contribution in [-0.2, 0) is 0 Å². The molecule has 1 aromatic heterocycles. The monoisotopic (exact) mass is 249 g/mol. The molecule has 1 aromatic carbocycles. The lowest BCUT2D eigenvalue weighted by atomic mass is 10.0. The second-order valence-corrected chi connectivity index (χ2v) is 4.07. The highest BCUT2D eigenvalue weighted by atomic mass is 35.5. The van der Waals surface area contributed by atoms with Gasteiger partial charge in [0.25, 0.3) is 0 Å². The lowest BCUT2D eigenvalue weighted by Crippen LogP contribution is -2.05. The highest BCUT2D eigenvalue weighted by Gasteiger charge is 2.14. The fraction of sp³-hybridized carbons (Fsp3) is 0.0769. The summed E-state index contributed by atoms with van der Waals surface area (Å²) < 4.78 is 13.5. The molecule has 1 heterocycles. The minimum Gasteiger partial charge on any atom is -0.288 e. The van der Waals surface area contributed by atoms with Crippen LogP contribution < -0.4 is 0 Å². The highest BCUT2D eigenvalue weighted by Crippen LogP contribution is 2.15. The van der Waals surface area contributed by atoms with Crippen LogP contribution in [0.4, 0.5) is 4.39 Å². The van der Waals surface area contributed by atoms with Gasteiger partial charge in [-0.15, -0.1) is 0 Å². The average molecular weight is 250 g/mol. The van der Waals surface area contributed by atoms with E-state index in [0.29, 0.717) is 10.7 Å². The third-order valence-electron chi connectivity index (χ3n) is 2.36. The molecule has 2 rings (SSSR count). The molecule has 86 valence electrons. The summed E-state index contributed by atoms with van der Waals surface area (Å²) in [6, 6.07) is 7.45. The molecule has 2 nitrogen and oxygen atoms in total. The van der Waals surface area contributed by atoms with E-state index >= 15 is 0 Å². The Morgan fingerprint density at radius 3 is 2.71 bits per heavy atom. The number of carbonyl (C=O) groups excluding carboxylic acids is 1. The second kappa shape index (κ2) is 4.63. The topological polar surface area (TPSA) is 30.0 Å². The zero-order chi connectivity index (χ0) is 12.4. The molecule has 0 spiro atoms. The maximum absolute atomic E-state index is 13.5. The van der Waals surface area contributed by atoms with E-state index in [4.69, 9.17) is 11.6 Å². The number of rotatable bonds is 2. The van der Waals surface area contributed by atoms with E-state index in [1.165, 1.54) is 30.5 Å². The molecule has 0 saturated heterocycles. The third kappa shape index (κ3) is 2.50. The summed E-state index contributed by atoms with van der Waals surface area (Å²) in [5, 5.41) is 0.297. The van der Waals surface area contributed by atoms with Gasteiger partial charge in [-0.2, -0.15) is 0 Å². The Balaban J connectivity index is 2.43. The molecule has 17 heavy (non-hydrogen) atoms. The van der Waals surface area contributed by atoms with Crippen molar-refractivity contribution in [1.82, 2.24) is 4.98 Å². The Labute approximate surface area is 103 Å². The molecule has 0 radical (unpaired) electrons. The predicted molar refractivity (Wildman–Crippen MR) is 63.8 cm³/mol. The van der Waals surface area contributed by atoms with Crippen molar-refractivity contribution in [2.24, 2.45) is 0 Å². The molecule has 0 saturated carbocycles. The summed E-state index contributed by atoms with van der Waals surface area (Å²) in [5.74, 6) is -0.925. The van der Waals surface area contributed by atoms with Crippen molar-refractivity contribution in [2.75, 3.05) is 0 Å². The smallest absolute Gasteiger partial charge is 0.197 e. The molecular weight excluding hydrogens is 241 g/mol. The molecule has 0 atom stereocenters. The summed E-state index contributed by atoms with van der Waals surface area (Å²) in [5.41, 5.74) is 1.20. The Morgan fingerprint density at radius 1 is 1.29 bits per heavy atom. The minimum absolute atomic E-state index is 0.0501. The fourth-order valence-electron chi connectivity index (χ4n) is 1.48. The van der Waals surface area contributed by atoms with Crippen LogP contribution in [0.1, 0.15) is 21.5 Å². The molecule has 0 aliphatic rings. The van der Waals surface area contributed by atoms with Gasteiger partial charge in [-0.3, -0.25) is 4.79 Å². The van der Waals surface area contributed by atoms with E-state index < -0.39 is 11.6 Å². The van der Waals surface area contributed by atoms with Gasteiger partial charge in [-0.1, -0.05) is 23.2 Å². The fourth-order valence-corrected chi connectivity index (χ4v) is 1.59. The van der Waals surface area contributed by atoms with Crippen LogP contribution in [0.15, 0.2) is 36.5 Å². The van der Waals surface area contributed by atoms with Crippen LogP contribution in [-0.4, -0.2) is 10.8 Å². The van der Waals surface area contributed by atoms with E-state index in [9.17, 15) is 9.18 Å². The van der Waals surface area contributed by atoms with Gasteiger partial charge in [-0.25, -0.2) is 9.37 Å². The van der Waals surface area contributed by atoms with Gasteiger partial charge in [0.1, 0.15) is 11.0 Å². The maximum Gasteiger partial charge on any atom is 0.197 e. The number of benzene rings is 1. The molecule has 0 amide bonds. The quantitative estimate of drug-likeness (QED) is 0.603. The number of hydrogen-bond acceptors (Lipinski definition) is 2. The van der Waals surface area contributed by atoms with Crippen molar-refractivity contribution < 1.29 is 9.18 Å². The zero-order valence-corrected chi connectivity index (χ0v) is 9.83. The molecule has 0 aliphatic carbocycles. The Morgan fingerprint density at radius 2 is 2.06 bits per heavy atom. The van der Waals surface area contributed by atoms with Gasteiger partial charge in [0.05, 0.1) is 5.56 Å². The van der Waals surface area contributed by atoms with Gasteiger partial charge >= 0.3 is 0 Å². The first-order valence-corrected chi connectivity index (χ1v) is 5.38. The largest absolute Gasteiger partial charge is 0.288 e. The van der Waals surface area contributed by atoms with Gasteiger partial charge in [0.15, 0.2) is 5.78 Å². The molecule has 0 unspecified atom stereocenters. The number of ketones is 1. The summed E-state index contributed by atoms with van der Waals surface area (Å²) in [6.45, 7) is 1.80. The van der Waals surface area contributed by atoms with Crippen LogP contribution in [0.5, 0.6) is 0 Å². The van der Waals surface area contributed by atoms with Crippen molar-refractivity contribution in [3.63, 3.8) is 0 Å². The van der Waals surface area contributed by atoms with Crippen molar-refractivity contribution in [3.8, 4) is 0 Å². The second-order valence-electron chi connectivity index (χ2n) is 3.68. The summed E-state index contributed by atoms with van der Waals surface area (Å²) >= 11 is 5.62. The SMILES string of the molecule is Cc1ccc(F)c(C(=O)c2ccc(Cl)nc2)c1. The van der Waals surface area contributed by atoms with Crippen molar-refractivity contribution in [2.45, 2.75) is 6.92 Å². The number of nitrogens with zero attached hydrogens (tertiary/aromatic N) is 1. The van der Waals surface area contributed by atoms with Crippen LogP contribution >= 0.6 is 11.6 Å². The van der Waals surface area contributed by atoms with E-state index in [2.05, 4.69) is 4.98 Å². The Bertz CT molecular complexity index is 566. The lowest BCUT2D eigenvalue weighted by molar-refractivity contribution is 0.103. The first kappa shape index (κ1) is 11.7. The van der Waals surface area contributed by atoms with Crippen molar-refractivity contribution in [1.29, 1.82) is 0 Å². The molecule has 0 aliphatic heterocycles. The Hall–Kier alpha value is -1.74. The number of pyridine rings is 1. The summed E-state index contributed by atoms with van der Waals surface area (Å²) in [6.07, 6.45) is 1.34. The summed E-state index contributed by atoms with van der Waals surface area (Å²) in [7, 11) is 0. The van der Waals surface area contributed by atoms with Gasteiger partial charge in [-0.05, 0) is 31.2 Å². The normalized spacial score (nSPS) is 10.3. The molecular formula is C13H9ClFNO. The average Bonchev–Trinajstić information content (AvgIpc) is 2.32. The van der Waals surface area contributed by atoms with Crippen molar-refractivity contribution >= 4 is 17.4 Å². The van der Waals surface area contributed by atoms with Crippen LogP contribution in [0.3, 0.4) is 0 Å². The minimum atomic E-state index is -0.532. The predicted octanol–water partition coefficient (Wildman–Crippen LogP) is 3.41. The van der Waals surface area contributed by atoms with E-state index in [0.717, 1.165) is 5.56 Å². The number of halogens is 2. The molecule has 4 heteroatoms. The van der Waals surface area contributed by atoms with Crippen LogP contribution in [0.25, 0.3) is 0 Å².